The van der Waals surface area contributed by atoms with Crippen molar-refractivity contribution in [3.63, 3.8) is 0 Å². The SMILES string of the molecule is CN(CCCn1cc(N)ccc1=O)c1ccccc1. The fourth-order valence-electron chi connectivity index (χ4n) is 2.01. The van der Waals surface area contributed by atoms with Gasteiger partial charge in [-0.15, -0.1) is 0 Å². The van der Waals surface area contributed by atoms with Gasteiger partial charge in [-0.05, 0) is 24.6 Å². The van der Waals surface area contributed by atoms with Crippen molar-refractivity contribution in [3.8, 4) is 0 Å². The Balaban J connectivity index is 1.90. The third kappa shape index (κ3) is 3.61. The first-order valence-electron chi connectivity index (χ1n) is 6.39. The van der Waals surface area contributed by atoms with Gasteiger partial charge in [0.05, 0.1) is 0 Å². The summed E-state index contributed by atoms with van der Waals surface area (Å²) in [4.78, 5) is 13.8. The smallest absolute Gasteiger partial charge is 0.250 e. The van der Waals surface area contributed by atoms with Crippen LogP contribution in [-0.4, -0.2) is 18.2 Å². The Hall–Kier alpha value is -2.23. The molecule has 4 heteroatoms. The molecule has 19 heavy (non-hydrogen) atoms. The Labute approximate surface area is 113 Å². The van der Waals surface area contributed by atoms with E-state index in [4.69, 9.17) is 5.73 Å². The third-order valence-electron chi connectivity index (χ3n) is 3.10. The topological polar surface area (TPSA) is 51.3 Å². The molecule has 0 saturated heterocycles. The summed E-state index contributed by atoms with van der Waals surface area (Å²) < 4.78 is 1.66. The van der Waals surface area contributed by atoms with E-state index in [1.807, 2.05) is 18.2 Å². The first-order valence-corrected chi connectivity index (χ1v) is 6.39. The monoisotopic (exact) mass is 257 g/mol. The van der Waals surface area contributed by atoms with E-state index in [-0.39, 0.29) is 5.56 Å². The Morgan fingerprint density at radius 1 is 1.16 bits per heavy atom. The number of pyridine rings is 1. The fourth-order valence-corrected chi connectivity index (χ4v) is 2.01. The molecule has 1 aromatic heterocycles. The van der Waals surface area contributed by atoms with Gasteiger partial charge in [-0.1, -0.05) is 18.2 Å². The molecule has 2 rings (SSSR count). The number of benzene rings is 1. The van der Waals surface area contributed by atoms with Crippen LogP contribution < -0.4 is 16.2 Å². The number of hydrogen-bond donors (Lipinski definition) is 1. The summed E-state index contributed by atoms with van der Waals surface area (Å²) in [6.07, 6.45) is 2.60. The van der Waals surface area contributed by atoms with Crippen molar-refractivity contribution in [1.29, 1.82) is 0 Å². The molecule has 0 spiro atoms. The van der Waals surface area contributed by atoms with E-state index >= 15 is 0 Å². The standard InChI is InChI=1S/C15H19N3O/c1-17(14-6-3-2-4-7-14)10-5-11-18-12-13(16)8-9-15(18)19/h2-4,6-9,12H,5,10-11,16H2,1H3. The molecule has 0 radical (unpaired) electrons. The lowest BCUT2D eigenvalue weighted by Gasteiger charge is -2.19. The number of anilines is 2. The number of para-hydroxylation sites is 1. The summed E-state index contributed by atoms with van der Waals surface area (Å²) in [6, 6.07) is 13.3. The highest BCUT2D eigenvalue weighted by atomic mass is 16.1. The Kier molecular flexibility index (Phi) is 4.23. The molecule has 0 atom stereocenters. The first kappa shape index (κ1) is 13.2. The number of rotatable bonds is 5. The van der Waals surface area contributed by atoms with Crippen molar-refractivity contribution in [2.24, 2.45) is 0 Å². The van der Waals surface area contributed by atoms with Crippen molar-refractivity contribution in [3.05, 3.63) is 59.0 Å². The zero-order chi connectivity index (χ0) is 13.7. The van der Waals surface area contributed by atoms with Crippen molar-refractivity contribution in [2.45, 2.75) is 13.0 Å². The van der Waals surface area contributed by atoms with Gasteiger partial charge >= 0.3 is 0 Å². The van der Waals surface area contributed by atoms with Crippen LogP contribution in [0.5, 0.6) is 0 Å². The summed E-state index contributed by atoms with van der Waals surface area (Å²) in [5, 5.41) is 0. The minimum Gasteiger partial charge on any atom is -0.398 e. The predicted octanol–water partition coefficient (Wildman–Crippen LogP) is 1.96. The number of nitrogen functional groups attached to an aromatic ring is 1. The van der Waals surface area contributed by atoms with Gasteiger partial charge in [0.1, 0.15) is 0 Å². The van der Waals surface area contributed by atoms with Crippen molar-refractivity contribution >= 4 is 11.4 Å². The lowest BCUT2D eigenvalue weighted by Crippen LogP contribution is -2.23. The van der Waals surface area contributed by atoms with E-state index in [2.05, 4.69) is 24.1 Å². The summed E-state index contributed by atoms with van der Waals surface area (Å²) in [5.41, 5.74) is 7.48. The second-order valence-corrected chi connectivity index (χ2v) is 4.60. The molecular weight excluding hydrogens is 238 g/mol. The highest BCUT2D eigenvalue weighted by Crippen LogP contribution is 2.11. The van der Waals surface area contributed by atoms with Crippen LogP contribution in [-0.2, 0) is 6.54 Å². The number of hydrogen-bond acceptors (Lipinski definition) is 3. The lowest BCUT2D eigenvalue weighted by atomic mass is 10.3. The van der Waals surface area contributed by atoms with Crippen LogP contribution in [0.3, 0.4) is 0 Å². The van der Waals surface area contributed by atoms with Gasteiger partial charge in [-0.25, -0.2) is 0 Å². The molecule has 100 valence electrons. The molecule has 0 saturated carbocycles. The Morgan fingerprint density at radius 3 is 2.63 bits per heavy atom. The van der Waals surface area contributed by atoms with Crippen LogP contribution in [0.4, 0.5) is 11.4 Å². The van der Waals surface area contributed by atoms with Gasteiger partial charge in [-0.2, -0.15) is 0 Å². The molecule has 0 aliphatic heterocycles. The maximum Gasteiger partial charge on any atom is 0.250 e. The van der Waals surface area contributed by atoms with E-state index < -0.39 is 0 Å². The molecule has 0 unspecified atom stereocenters. The van der Waals surface area contributed by atoms with E-state index in [1.165, 1.54) is 11.8 Å². The first-order chi connectivity index (χ1) is 9.16. The van der Waals surface area contributed by atoms with Crippen LogP contribution in [0.1, 0.15) is 6.42 Å². The van der Waals surface area contributed by atoms with Gasteiger partial charge in [0.25, 0.3) is 5.56 Å². The quantitative estimate of drug-likeness (QED) is 0.890. The molecule has 2 N–H and O–H groups in total. The zero-order valence-electron chi connectivity index (χ0n) is 11.1. The zero-order valence-corrected chi connectivity index (χ0v) is 11.1. The second kappa shape index (κ2) is 6.09. The van der Waals surface area contributed by atoms with Crippen LogP contribution in [0.25, 0.3) is 0 Å². The molecule has 1 heterocycles. The summed E-state index contributed by atoms with van der Waals surface area (Å²) in [7, 11) is 2.05. The number of nitrogens with two attached hydrogens (primary N) is 1. The highest BCUT2D eigenvalue weighted by Gasteiger charge is 2.01. The fraction of sp³-hybridized carbons (Fsp3) is 0.267. The van der Waals surface area contributed by atoms with Gasteiger partial charge in [0.15, 0.2) is 0 Å². The molecule has 0 bridgehead atoms. The Bertz CT molecular complexity index is 577. The molecule has 4 nitrogen and oxygen atoms in total. The van der Waals surface area contributed by atoms with Gasteiger partial charge in [0.2, 0.25) is 0 Å². The van der Waals surface area contributed by atoms with Crippen molar-refractivity contribution in [2.75, 3.05) is 24.2 Å². The minimum atomic E-state index is -0.00318. The maximum atomic E-state index is 11.6. The number of aromatic nitrogens is 1. The van der Waals surface area contributed by atoms with Gasteiger partial charge in [-0.3, -0.25) is 4.79 Å². The van der Waals surface area contributed by atoms with Crippen molar-refractivity contribution in [1.82, 2.24) is 4.57 Å². The van der Waals surface area contributed by atoms with E-state index in [1.54, 1.807) is 16.8 Å². The lowest BCUT2D eigenvalue weighted by molar-refractivity contribution is 0.620. The molecule has 0 fully saturated rings. The largest absolute Gasteiger partial charge is 0.398 e. The Morgan fingerprint density at radius 2 is 1.89 bits per heavy atom. The van der Waals surface area contributed by atoms with E-state index in [9.17, 15) is 4.79 Å². The highest BCUT2D eigenvalue weighted by molar-refractivity contribution is 5.44. The van der Waals surface area contributed by atoms with Crippen LogP contribution in [0, 0.1) is 0 Å². The minimum absolute atomic E-state index is 0.00318. The third-order valence-corrected chi connectivity index (χ3v) is 3.10. The molecule has 2 aromatic rings. The molecule has 0 amide bonds. The predicted molar refractivity (Wildman–Crippen MR) is 79.4 cm³/mol. The molecular formula is C15H19N3O. The molecule has 1 aromatic carbocycles. The van der Waals surface area contributed by atoms with Gasteiger partial charge in [0, 0.05) is 43.8 Å². The second-order valence-electron chi connectivity index (χ2n) is 4.60. The summed E-state index contributed by atoms with van der Waals surface area (Å²) in [6.45, 7) is 1.58. The average Bonchev–Trinajstić information content (AvgIpc) is 2.43. The van der Waals surface area contributed by atoms with Crippen LogP contribution in [0.2, 0.25) is 0 Å². The number of aryl methyl sites for hydroxylation is 1. The van der Waals surface area contributed by atoms with Crippen molar-refractivity contribution < 1.29 is 0 Å². The van der Waals surface area contributed by atoms with Gasteiger partial charge < -0.3 is 15.2 Å². The molecule has 0 aliphatic carbocycles. The van der Waals surface area contributed by atoms with E-state index in [0.29, 0.717) is 12.2 Å². The normalized spacial score (nSPS) is 10.4. The molecule has 0 aliphatic rings. The summed E-state index contributed by atoms with van der Waals surface area (Å²) in [5.74, 6) is 0. The van der Waals surface area contributed by atoms with Crippen LogP contribution in [0.15, 0.2) is 53.5 Å². The van der Waals surface area contributed by atoms with Crippen LogP contribution >= 0.6 is 0 Å². The average molecular weight is 257 g/mol. The maximum absolute atomic E-state index is 11.6. The van der Waals surface area contributed by atoms with E-state index in [0.717, 1.165) is 13.0 Å². The number of nitrogens with zero attached hydrogens (tertiary/aromatic N) is 2. The summed E-state index contributed by atoms with van der Waals surface area (Å²) >= 11 is 0.